The number of hydrogen-bond acceptors (Lipinski definition) is 2. The van der Waals surface area contributed by atoms with Crippen LogP contribution < -0.4 is 11.1 Å². The molecule has 4 heteroatoms. The van der Waals surface area contributed by atoms with Gasteiger partial charge in [0.05, 0.1) is 6.54 Å². The fourth-order valence-electron chi connectivity index (χ4n) is 1.79. The lowest BCUT2D eigenvalue weighted by Gasteiger charge is -2.26. The predicted molar refractivity (Wildman–Crippen MR) is 48.8 cm³/mol. The second-order valence-corrected chi connectivity index (χ2v) is 3.83. The summed E-state index contributed by atoms with van der Waals surface area (Å²) in [7, 11) is 0. The first-order valence-corrected chi connectivity index (χ1v) is 4.93. The molecule has 0 bridgehead atoms. The van der Waals surface area contributed by atoms with Crippen LogP contribution in [0.3, 0.4) is 0 Å². The number of nitrogens with one attached hydrogen (secondary N) is 1. The van der Waals surface area contributed by atoms with Gasteiger partial charge in [0.1, 0.15) is 0 Å². The Bertz CT molecular complexity index is 134. The van der Waals surface area contributed by atoms with E-state index in [4.69, 9.17) is 5.73 Å². The Morgan fingerprint density at radius 1 is 1.23 bits per heavy atom. The molecule has 0 aromatic heterocycles. The summed E-state index contributed by atoms with van der Waals surface area (Å²) in [4.78, 5) is 0. The Morgan fingerprint density at radius 2 is 1.85 bits per heavy atom. The molecule has 13 heavy (non-hydrogen) atoms. The lowest BCUT2D eigenvalue weighted by molar-refractivity contribution is 0.142. The first kappa shape index (κ1) is 10.9. The highest BCUT2D eigenvalue weighted by atomic mass is 19.3. The normalized spacial score (nSPS) is 29.5. The number of rotatable bonds is 4. The topological polar surface area (TPSA) is 38.0 Å². The van der Waals surface area contributed by atoms with Gasteiger partial charge in [0.15, 0.2) is 0 Å². The maximum absolute atomic E-state index is 11.8. The highest BCUT2D eigenvalue weighted by molar-refractivity contribution is 4.75. The third kappa shape index (κ3) is 4.52. The standard InChI is InChI=1S/C9H18F2N2/c10-9(11)6-13-5-7-1-3-8(12)4-2-7/h7-9,13H,1-6,12H2. The van der Waals surface area contributed by atoms with Crippen molar-refractivity contribution < 1.29 is 8.78 Å². The van der Waals surface area contributed by atoms with Crippen molar-refractivity contribution in [2.24, 2.45) is 11.7 Å². The molecule has 1 fully saturated rings. The molecule has 0 aromatic carbocycles. The Labute approximate surface area is 77.9 Å². The predicted octanol–water partition coefficient (Wildman–Crippen LogP) is 1.36. The van der Waals surface area contributed by atoms with Crippen molar-refractivity contribution in [3.8, 4) is 0 Å². The van der Waals surface area contributed by atoms with Crippen molar-refractivity contribution in [3.63, 3.8) is 0 Å². The quantitative estimate of drug-likeness (QED) is 0.705. The summed E-state index contributed by atoms with van der Waals surface area (Å²) in [6.07, 6.45) is 2.02. The molecule has 0 aromatic rings. The van der Waals surface area contributed by atoms with Crippen LogP contribution in [-0.4, -0.2) is 25.6 Å². The molecule has 1 aliphatic rings. The van der Waals surface area contributed by atoms with E-state index in [1.807, 2.05) is 0 Å². The molecule has 0 saturated heterocycles. The summed E-state index contributed by atoms with van der Waals surface area (Å²) < 4.78 is 23.5. The van der Waals surface area contributed by atoms with E-state index in [1.54, 1.807) is 0 Å². The Balaban J connectivity index is 2.02. The third-order valence-corrected chi connectivity index (χ3v) is 2.62. The van der Waals surface area contributed by atoms with Crippen LogP contribution in [0.5, 0.6) is 0 Å². The van der Waals surface area contributed by atoms with Gasteiger partial charge < -0.3 is 11.1 Å². The highest BCUT2D eigenvalue weighted by Crippen LogP contribution is 2.22. The highest BCUT2D eigenvalue weighted by Gasteiger charge is 2.18. The molecule has 0 heterocycles. The van der Waals surface area contributed by atoms with Crippen LogP contribution >= 0.6 is 0 Å². The summed E-state index contributed by atoms with van der Waals surface area (Å²) in [5.41, 5.74) is 5.73. The molecule has 2 nitrogen and oxygen atoms in total. The van der Waals surface area contributed by atoms with E-state index in [0.717, 1.165) is 32.2 Å². The van der Waals surface area contributed by atoms with Gasteiger partial charge in [0, 0.05) is 6.04 Å². The van der Waals surface area contributed by atoms with E-state index in [0.29, 0.717) is 12.0 Å². The summed E-state index contributed by atoms with van der Waals surface area (Å²) in [5.74, 6) is 0.554. The molecule has 3 N–H and O–H groups in total. The van der Waals surface area contributed by atoms with Crippen molar-refractivity contribution >= 4 is 0 Å². The van der Waals surface area contributed by atoms with Gasteiger partial charge >= 0.3 is 0 Å². The molecule has 0 radical (unpaired) electrons. The summed E-state index contributed by atoms with van der Waals surface area (Å²) in [5, 5.41) is 2.78. The molecule has 0 unspecified atom stereocenters. The lowest BCUT2D eigenvalue weighted by Crippen LogP contribution is -2.33. The third-order valence-electron chi connectivity index (χ3n) is 2.62. The molecule has 1 rings (SSSR count). The lowest BCUT2D eigenvalue weighted by atomic mass is 9.86. The van der Waals surface area contributed by atoms with Crippen LogP contribution in [0.25, 0.3) is 0 Å². The molecule has 0 amide bonds. The monoisotopic (exact) mass is 192 g/mol. The van der Waals surface area contributed by atoms with Gasteiger partial charge in [-0.25, -0.2) is 8.78 Å². The number of alkyl halides is 2. The number of halogens is 2. The van der Waals surface area contributed by atoms with Gasteiger partial charge in [0.2, 0.25) is 0 Å². The van der Waals surface area contributed by atoms with Crippen LogP contribution in [0.1, 0.15) is 25.7 Å². The van der Waals surface area contributed by atoms with Crippen molar-refractivity contribution in [1.82, 2.24) is 5.32 Å². The minimum atomic E-state index is -2.23. The fourth-order valence-corrected chi connectivity index (χ4v) is 1.79. The van der Waals surface area contributed by atoms with Crippen molar-refractivity contribution in [1.29, 1.82) is 0 Å². The van der Waals surface area contributed by atoms with Crippen LogP contribution in [0, 0.1) is 5.92 Å². The SMILES string of the molecule is NC1CCC(CNCC(F)F)CC1. The smallest absolute Gasteiger partial charge is 0.250 e. The van der Waals surface area contributed by atoms with Crippen LogP contribution in [0.4, 0.5) is 8.78 Å². The van der Waals surface area contributed by atoms with E-state index in [2.05, 4.69) is 5.32 Å². The van der Waals surface area contributed by atoms with Gasteiger partial charge in [-0.15, -0.1) is 0 Å². The first-order valence-electron chi connectivity index (χ1n) is 4.93. The minimum absolute atomic E-state index is 0.178. The minimum Gasteiger partial charge on any atom is -0.328 e. The van der Waals surface area contributed by atoms with Gasteiger partial charge in [-0.05, 0) is 38.1 Å². The zero-order chi connectivity index (χ0) is 9.68. The molecule has 78 valence electrons. The Morgan fingerprint density at radius 3 is 2.38 bits per heavy atom. The van der Waals surface area contributed by atoms with Gasteiger partial charge in [-0.1, -0.05) is 0 Å². The molecule has 0 aliphatic heterocycles. The van der Waals surface area contributed by atoms with Crippen molar-refractivity contribution in [2.45, 2.75) is 38.2 Å². The van der Waals surface area contributed by atoms with Crippen LogP contribution in [0.15, 0.2) is 0 Å². The average Bonchev–Trinajstić information content (AvgIpc) is 2.08. The average molecular weight is 192 g/mol. The largest absolute Gasteiger partial charge is 0.328 e. The molecule has 0 spiro atoms. The second-order valence-electron chi connectivity index (χ2n) is 3.83. The second kappa shape index (κ2) is 5.50. The Hall–Kier alpha value is -0.220. The molecular formula is C9H18F2N2. The van der Waals surface area contributed by atoms with E-state index < -0.39 is 6.43 Å². The fraction of sp³-hybridized carbons (Fsp3) is 1.00. The molecule has 1 saturated carbocycles. The van der Waals surface area contributed by atoms with E-state index in [1.165, 1.54) is 0 Å². The number of hydrogen-bond donors (Lipinski definition) is 2. The first-order chi connectivity index (χ1) is 6.18. The van der Waals surface area contributed by atoms with E-state index in [9.17, 15) is 8.78 Å². The Kier molecular flexibility index (Phi) is 4.59. The van der Waals surface area contributed by atoms with E-state index in [-0.39, 0.29) is 6.54 Å². The number of nitrogens with two attached hydrogens (primary N) is 1. The maximum Gasteiger partial charge on any atom is 0.250 e. The summed E-state index contributed by atoms with van der Waals surface area (Å²) in [6, 6.07) is 0.339. The zero-order valence-corrected chi connectivity index (χ0v) is 7.81. The van der Waals surface area contributed by atoms with Crippen LogP contribution in [-0.2, 0) is 0 Å². The summed E-state index contributed by atoms with van der Waals surface area (Å²) >= 11 is 0. The van der Waals surface area contributed by atoms with Crippen LogP contribution in [0.2, 0.25) is 0 Å². The molecule has 1 aliphatic carbocycles. The molecular weight excluding hydrogens is 174 g/mol. The summed E-state index contributed by atoms with van der Waals surface area (Å²) in [6.45, 7) is 0.541. The van der Waals surface area contributed by atoms with E-state index >= 15 is 0 Å². The van der Waals surface area contributed by atoms with Gasteiger partial charge in [-0.2, -0.15) is 0 Å². The maximum atomic E-state index is 11.8. The van der Waals surface area contributed by atoms with Crippen molar-refractivity contribution in [2.75, 3.05) is 13.1 Å². The zero-order valence-electron chi connectivity index (χ0n) is 7.81. The van der Waals surface area contributed by atoms with Gasteiger partial charge in [0.25, 0.3) is 6.43 Å². The van der Waals surface area contributed by atoms with Crippen molar-refractivity contribution in [3.05, 3.63) is 0 Å². The molecule has 0 atom stereocenters. The van der Waals surface area contributed by atoms with Gasteiger partial charge in [-0.3, -0.25) is 0 Å².